The summed E-state index contributed by atoms with van der Waals surface area (Å²) in [5.74, 6) is 0. The standard InChI is InChI=1S/2C10H9N3O/c2*11-6-8-2-1-3-9-10(8)13(4-5-14)7-12-9/h2*1-3,7,14H,4-5H2. The smallest absolute Gasteiger partial charge is 0.101 e. The predicted octanol–water partition coefficient (Wildman–Crippen LogP) is 1.80. The van der Waals surface area contributed by atoms with Crippen LogP contribution in [0.5, 0.6) is 0 Å². The quantitative estimate of drug-likeness (QED) is 0.561. The number of aliphatic hydroxyl groups is 2. The second-order valence-electron chi connectivity index (χ2n) is 5.89. The highest BCUT2D eigenvalue weighted by Gasteiger charge is 2.07. The van der Waals surface area contributed by atoms with Crippen LogP contribution in [0.25, 0.3) is 22.1 Å². The van der Waals surface area contributed by atoms with Gasteiger partial charge in [-0.05, 0) is 24.3 Å². The first-order valence-corrected chi connectivity index (χ1v) is 8.63. The largest absolute Gasteiger partial charge is 0.395 e. The Kier molecular flexibility index (Phi) is 5.97. The lowest BCUT2D eigenvalue weighted by Crippen LogP contribution is -2.00. The van der Waals surface area contributed by atoms with E-state index in [1.807, 2.05) is 12.1 Å². The number of rotatable bonds is 4. The van der Waals surface area contributed by atoms with Gasteiger partial charge in [0.2, 0.25) is 0 Å². The van der Waals surface area contributed by atoms with E-state index in [-0.39, 0.29) is 13.2 Å². The summed E-state index contributed by atoms with van der Waals surface area (Å²) in [4.78, 5) is 8.29. The normalized spacial score (nSPS) is 10.3. The number of imidazole rings is 2. The molecule has 8 heteroatoms. The van der Waals surface area contributed by atoms with E-state index in [0.29, 0.717) is 24.2 Å². The minimum atomic E-state index is 0.0468. The van der Waals surface area contributed by atoms with Crippen LogP contribution < -0.4 is 0 Å². The van der Waals surface area contributed by atoms with Crippen molar-refractivity contribution in [3.05, 3.63) is 60.2 Å². The highest BCUT2D eigenvalue weighted by molar-refractivity contribution is 5.82. The molecular formula is C20H18N6O2. The molecule has 0 saturated heterocycles. The average molecular weight is 374 g/mol. The maximum absolute atomic E-state index is 8.89. The molecule has 0 unspecified atom stereocenters. The molecule has 2 heterocycles. The second kappa shape index (κ2) is 8.78. The zero-order chi connectivity index (χ0) is 19.9. The molecule has 2 aromatic heterocycles. The van der Waals surface area contributed by atoms with E-state index >= 15 is 0 Å². The van der Waals surface area contributed by atoms with Gasteiger partial charge < -0.3 is 19.3 Å². The van der Waals surface area contributed by atoms with E-state index in [1.54, 1.807) is 46.1 Å². The molecule has 2 aromatic carbocycles. The van der Waals surface area contributed by atoms with Gasteiger partial charge in [0.15, 0.2) is 0 Å². The summed E-state index contributed by atoms with van der Waals surface area (Å²) >= 11 is 0. The molecule has 0 aliphatic carbocycles. The molecule has 0 aliphatic rings. The predicted molar refractivity (Wildman–Crippen MR) is 103 cm³/mol. The number of hydrogen-bond donors (Lipinski definition) is 2. The fourth-order valence-corrected chi connectivity index (χ4v) is 2.99. The summed E-state index contributed by atoms with van der Waals surface area (Å²) < 4.78 is 3.57. The van der Waals surface area contributed by atoms with Crippen molar-refractivity contribution < 1.29 is 10.2 Å². The third kappa shape index (κ3) is 3.69. The van der Waals surface area contributed by atoms with Crippen molar-refractivity contribution >= 4 is 22.1 Å². The Morgan fingerprint density at radius 1 is 0.750 bits per heavy atom. The lowest BCUT2D eigenvalue weighted by Gasteiger charge is -2.01. The van der Waals surface area contributed by atoms with Gasteiger partial charge in [0.05, 0.1) is 59.1 Å². The summed E-state index contributed by atoms with van der Waals surface area (Å²) in [6, 6.07) is 15.0. The molecule has 4 aromatic rings. The van der Waals surface area contributed by atoms with E-state index in [0.717, 1.165) is 22.1 Å². The monoisotopic (exact) mass is 374 g/mol. The molecule has 0 fully saturated rings. The molecule has 0 aliphatic heterocycles. The van der Waals surface area contributed by atoms with Crippen LogP contribution in [0.1, 0.15) is 11.1 Å². The van der Waals surface area contributed by atoms with Crippen LogP contribution >= 0.6 is 0 Å². The van der Waals surface area contributed by atoms with Gasteiger partial charge in [-0.3, -0.25) is 0 Å². The van der Waals surface area contributed by atoms with Gasteiger partial charge >= 0.3 is 0 Å². The number of benzene rings is 2. The van der Waals surface area contributed by atoms with Crippen molar-refractivity contribution in [3.63, 3.8) is 0 Å². The van der Waals surface area contributed by atoms with Gasteiger partial charge in [0, 0.05) is 13.1 Å². The summed E-state index contributed by atoms with van der Waals surface area (Å²) in [5, 5.41) is 35.4. The minimum absolute atomic E-state index is 0.0468. The van der Waals surface area contributed by atoms with Gasteiger partial charge in [-0.1, -0.05) is 12.1 Å². The highest BCUT2D eigenvalue weighted by atomic mass is 16.3. The highest BCUT2D eigenvalue weighted by Crippen LogP contribution is 2.17. The van der Waals surface area contributed by atoms with Gasteiger partial charge in [-0.25, -0.2) is 9.97 Å². The van der Waals surface area contributed by atoms with E-state index in [9.17, 15) is 0 Å². The molecule has 140 valence electrons. The maximum Gasteiger partial charge on any atom is 0.101 e. The van der Waals surface area contributed by atoms with Crippen LogP contribution in [-0.4, -0.2) is 42.5 Å². The van der Waals surface area contributed by atoms with Gasteiger partial charge in [-0.15, -0.1) is 0 Å². The van der Waals surface area contributed by atoms with Gasteiger partial charge in [0.1, 0.15) is 12.1 Å². The fraction of sp³-hybridized carbons (Fsp3) is 0.200. The van der Waals surface area contributed by atoms with Crippen molar-refractivity contribution in [2.45, 2.75) is 13.1 Å². The first kappa shape index (κ1) is 19.1. The molecule has 0 saturated carbocycles. The lowest BCUT2D eigenvalue weighted by atomic mass is 10.2. The molecule has 2 N–H and O–H groups in total. The van der Waals surface area contributed by atoms with E-state index in [2.05, 4.69) is 22.1 Å². The SMILES string of the molecule is N#Cc1cccc2ncn(CCO)c12.N#Cc1cccc2ncn(CCO)c12. The first-order valence-electron chi connectivity index (χ1n) is 8.63. The Bertz CT molecular complexity index is 1090. The summed E-state index contributed by atoms with van der Waals surface area (Å²) in [7, 11) is 0. The zero-order valence-electron chi connectivity index (χ0n) is 15.0. The number of nitriles is 2. The topological polar surface area (TPSA) is 124 Å². The Hall–Kier alpha value is -3.72. The Balaban J connectivity index is 0.000000161. The fourth-order valence-electron chi connectivity index (χ4n) is 2.99. The second-order valence-corrected chi connectivity index (χ2v) is 5.89. The minimum Gasteiger partial charge on any atom is -0.395 e. The van der Waals surface area contributed by atoms with Gasteiger partial charge in [-0.2, -0.15) is 10.5 Å². The number of aliphatic hydroxyl groups excluding tert-OH is 2. The molecule has 0 amide bonds. The Morgan fingerprint density at radius 3 is 1.54 bits per heavy atom. The summed E-state index contributed by atoms with van der Waals surface area (Å²) in [6.45, 7) is 1.03. The van der Waals surface area contributed by atoms with Crippen LogP contribution in [0.3, 0.4) is 0 Å². The van der Waals surface area contributed by atoms with E-state index in [1.165, 1.54) is 0 Å². The van der Waals surface area contributed by atoms with Crippen molar-refractivity contribution in [2.24, 2.45) is 0 Å². The van der Waals surface area contributed by atoms with Crippen LogP contribution in [0.2, 0.25) is 0 Å². The number of para-hydroxylation sites is 2. The third-order valence-corrected chi connectivity index (χ3v) is 4.20. The van der Waals surface area contributed by atoms with Crippen LogP contribution in [0, 0.1) is 22.7 Å². The summed E-state index contributed by atoms with van der Waals surface area (Å²) in [5.41, 5.74) is 4.35. The van der Waals surface area contributed by atoms with E-state index in [4.69, 9.17) is 20.7 Å². The Morgan fingerprint density at radius 2 is 1.18 bits per heavy atom. The van der Waals surface area contributed by atoms with Gasteiger partial charge in [0.25, 0.3) is 0 Å². The van der Waals surface area contributed by atoms with Crippen molar-refractivity contribution in [2.75, 3.05) is 13.2 Å². The zero-order valence-corrected chi connectivity index (χ0v) is 15.0. The van der Waals surface area contributed by atoms with Crippen molar-refractivity contribution in [3.8, 4) is 12.1 Å². The number of fused-ring (bicyclic) bond motifs is 2. The lowest BCUT2D eigenvalue weighted by molar-refractivity contribution is 0.277. The van der Waals surface area contributed by atoms with E-state index < -0.39 is 0 Å². The first-order chi connectivity index (χ1) is 13.7. The number of nitrogens with zero attached hydrogens (tertiary/aromatic N) is 6. The molecule has 28 heavy (non-hydrogen) atoms. The van der Waals surface area contributed by atoms with Crippen molar-refractivity contribution in [1.82, 2.24) is 19.1 Å². The maximum atomic E-state index is 8.89. The average Bonchev–Trinajstić information content (AvgIpc) is 3.33. The molecular weight excluding hydrogens is 356 g/mol. The summed E-state index contributed by atoms with van der Waals surface area (Å²) in [6.07, 6.45) is 3.28. The third-order valence-electron chi connectivity index (χ3n) is 4.20. The molecule has 4 rings (SSSR count). The number of aromatic nitrogens is 4. The van der Waals surface area contributed by atoms with Crippen LogP contribution in [-0.2, 0) is 13.1 Å². The van der Waals surface area contributed by atoms with Crippen LogP contribution in [0.4, 0.5) is 0 Å². The van der Waals surface area contributed by atoms with Crippen molar-refractivity contribution in [1.29, 1.82) is 10.5 Å². The molecule has 0 radical (unpaired) electrons. The molecule has 0 spiro atoms. The van der Waals surface area contributed by atoms with Crippen LogP contribution in [0.15, 0.2) is 49.1 Å². The molecule has 0 atom stereocenters. The Labute approximate surface area is 161 Å². The molecule has 0 bridgehead atoms. The molecule has 8 nitrogen and oxygen atoms in total. The number of hydrogen-bond acceptors (Lipinski definition) is 6.